The van der Waals surface area contributed by atoms with Crippen LogP contribution in [0.25, 0.3) is 10.8 Å². The van der Waals surface area contributed by atoms with Gasteiger partial charge in [-0.2, -0.15) is 5.10 Å². The number of amides is 2. The molecule has 25 heavy (non-hydrogen) atoms. The fraction of sp³-hybridized carbons (Fsp3) is 0.176. The van der Waals surface area contributed by atoms with Gasteiger partial charge in [-0.05, 0) is 26.0 Å². The third-order valence-electron chi connectivity index (χ3n) is 3.66. The molecule has 0 spiro atoms. The first-order valence-corrected chi connectivity index (χ1v) is 7.57. The molecule has 8 heteroatoms. The van der Waals surface area contributed by atoms with E-state index in [2.05, 4.69) is 16.0 Å². The Morgan fingerprint density at radius 1 is 1.20 bits per heavy atom. The van der Waals surface area contributed by atoms with Crippen LogP contribution in [0, 0.1) is 13.8 Å². The highest BCUT2D eigenvalue weighted by atomic mass is 16.3. The van der Waals surface area contributed by atoms with Gasteiger partial charge in [0.1, 0.15) is 18.1 Å². The van der Waals surface area contributed by atoms with E-state index < -0.39 is 11.8 Å². The number of hydrogen-bond donors (Lipinski definition) is 2. The number of hydrazine groups is 1. The number of carbonyl (C=O) groups excluding carboxylic acids is 2. The fourth-order valence-electron chi connectivity index (χ4n) is 2.47. The van der Waals surface area contributed by atoms with Crippen molar-refractivity contribution in [2.45, 2.75) is 20.4 Å². The second kappa shape index (κ2) is 6.60. The Bertz CT molecular complexity index is 1020. The number of nitrogens with one attached hydrogen (secondary N) is 2. The molecule has 3 rings (SSSR count). The van der Waals surface area contributed by atoms with Gasteiger partial charge in [0.25, 0.3) is 17.4 Å². The van der Waals surface area contributed by atoms with Crippen LogP contribution in [0.5, 0.6) is 0 Å². The standard InChI is InChI=1S/C17H16N4O4/c1-10-7-14(11(2)25-10)16(23)20-19-15(22)9-21-17(24)13-6-4-3-5-12(13)8-18-21/h3-8H,9H2,1-2H3,(H,19,22)(H,20,23). The molecule has 2 aromatic heterocycles. The summed E-state index contributed by atoms with van der Waals surface area (Å²) in [7, 11) is 0. The maximum atomic E-state index is 12.3. The number of fused-ring (bicyclic) bond motifs is 1. The maximum absolute atomic E-state index is 12.3. The van der Waals surface area contributed by atoms with Crippen molar-refractivity contribution in [2.75, 3.05) is 0 Å². The molecule has 0 aliphatic heterocycles. The summed E-state index contributed by atoms with van der Waals surface area (Å²) in [5, 5.41) is 5.13. The van der Waals surface area contributed by atoms with Gasteiger partial charge in [-0.3, -0.25) is 25.2 Å². The first-order chi connectivity index (χ1) is 12.0. The number of furan rings is 1. The molecule has 0 aliphatic carbocycles. The van der Waals surface area contributed by atoms with Crippen LogP contribution in [-0.2, 0) is 11.3 Å². The van der Waals surface area contributed by atoms with Crippen molar-refractivity contribution in [3.63, 3.8) is 0 Å². The van der Waals surface area contributed by atoms with Gasteiger partial charge in [-0.25, -0.2) is 4.68 Å². The molecule has 3 aromatic rings. The molecule has 2 heterocycles. The minimum Gasteiger partial charge on any atom is -0.466 e. The molecule has 2 amide bonds. The van der Waals surface area contributed by atoms with Gasteiger partial charge in [-0.1, -0.05) is 18.2 Å². The number of carbonyl (C=O) groups is 2. The third kappa shape index (κ3) is 3.42. The molecule has 1 aromatic carbocycles. The normalized spacial score (nSPS) is 10.6. The Kier molecular flexibility index (Phi) is 4.34. The van der Waals surface area contributed by atoms with Gasteiger partial charge >= 0.3 is 0 Å². The van der Waals surface area contributed by atoms with E-state index in [1.165, 1.54) is 6.20 Å². The highest BCUT2D eigenvalue weighted by molar-refractivity contribution is 5.96. The van der Waals surface area contributed by atoms with Gasteiger partial charge in [0.15, 0.2) is 0 Å². The molecule has 0 bridgehead atoms. The van der Waals surface area contributed by atoms with Gasteiger partial charge in [0, 0.05) is 5.39 Å². The second-order valence-corrected chi connectivity index (χ2v) is 5.52. The van der Waals surface area contributed by atoms with Crippen LogP contribution in [0.3, 0.4) is 0 Å². The van der Waals surface area contributed by atoms with Gasteiger partial charge in [0.2, 0.25) is 0 Å². The van der Waals surface area contributed by atoms with Gasteiger partial charge < -0.3 is 4.42 Å². The molecule has 0 atom stereocenters. The molecule has 0 radical (unpaired) electrons. The van der Waals surface area contributed by atoms with Crippen molar-refractivity contribution in [1.82, 2.24) is 20.6 Å². The number of benzene rings is 1. The van der Waals surface area contributed by atoms with Crippen LogP contribution in [0.4, 0.5) is 0 Å². The second-order valence-electron chi connectivity index (χ2n) is 5.52. The highest BCUT2D eigenvalue weighted by Crippen LogP contribution is 2.12. The smallest absolute Gasteiger partial charge is 0.275 e. The van der Waals surface area contributed by atoms with E-state index >= 15 is 0 Å². The number of nitrogens with zero attached hydrogens (tertiary/aromatic N) is 2. The van der Waals surface area contributed by atoms with Crippen molar-refractivity contribution in [2.24, 2.45) is 0 Å². The summed E-state index contributed by atoms with van der Waals surface area (Å²) >= 11 is 0. The van der Waals surface area contributed by atoms with Crippen molar-refractivity contribution < 1.29 is 14.0 Å². The Balaban J connectivity index is 1.67. The molecule has 8 nitrogen and oxygen atoms in total. The van der Waals surface area contributed by atoms with Crippen molar-refractivity contribution in [3.05, 3.63) is 64.0 Å². The summed E-state index contributed by atoms with van der Waals surface area (Å²) in [4.78, 5) is 36.3. The SMILES string of the molecule is Cc1cc(C(=O)NNC(=O)Cn2ncc3ccccc3c2=O)c(C)o1. The van der Waals surface area contributed by atoms with E-state index in [0.29, 0.717) is 27.9 Å². The summed E-state index contributed by atoms with van der Waals surface area (Å²) in [5.74, 6) is -0.0184. The molecule has 0 fully saturated rings. The molecule has 0 aliphatic rings. The number of aromatic nitrogens is 2. The van der Waals surface area contributed by atoms with Crippen LogP contribution in [0.2, 0.25) is 0 Å². The summed E-state index contributed by atoms with van der Waals surface area (Å²) in [6.45, 7) is 3.07. The lowest BCUT2D eigenvalue weighted by Gasteiger charge is -2.08. The average molecular weight is 340 g/mol. The van der Waals surface area contributed by atoms with Crippen LogP contribution < -0.4 is 16.4 Å². The van der Waals surface area contributed by atoms with Gasteiger partial charge in [-0.15, -0.1) is 0 Å². The highest BCUT2D eigenvalue weighted by Gasteiger charge is 2.14. The predicted molar refractivity (Wildman–Crippen MR) is 89.8 cm³/mol. The third-order valence-corrected chi connectivity index (χ3v) is 3.66. The summed E-state index contributed by atoms with van der Waals surface area (Å²) in [6.07, 6.45) is 1.51. The summed E-state index contributed by atoms with van der Waals surface area (Å²) in [5.41, 5.74) is 4.51. The van der Waals surface area contributed by atoms with Crippen LogP contribution >= 0.6 is 0 Å². The minimum absolute atomic E-state index is 0.312. The van der Waals surface area contributed by atoms with E-state index in [9.17, 15) is 14.4 Å². The van der Waals surface area contributed by atoms with Crippen LogP contribution in [0.1, 0.15) is 21.9 Å². The van der Waals surface area contributed by atoms with E-state index in [1.54, 1.807) is 44.2 Å². The monoisotopic (exact) mass is 340 g/mol. The van der Waals surface area contributed by atoms with E-state index in [4.69, 9.17) is 4.42 Å². The van der Waals surface area contributed by atoms with Crippen LogP contribution in [-0.4, -0.2) is 21.6 Å². The van der Waals surface area contributed by atoms with Gasteiger partial charge in [0.05, 0.1) is 17.1 Å². The van der Waals surface area contributed by atoms with E-state index in [-0.39, 0.29) is 12.1 Å². The van der Waals surface area contributed by atoms with Crippen molar-refractivity contribution in [3.8, 4) is 0 Å². The minimum atomic E-state index is -0.573. The van der Waals surface area contributed by atoms with Crippen LogP contribution in [0.15, 0.2) is 45.7 Å². The fourth-order valence-corrected chi connectivity index (χ4v) is 2.47. The number of hydrogen-bond acceptors (Lipinski definition) is 5. The Labute approximate surface area is 142 Å². The lowest BCUT2D eigenvalue weighted by Crippen LogP contribution is -2.44. The molecule has 0 saturated heterocycles. The molecular formula is C17H16N4O4. The molecule has 0 unspecified atom stereocenters. The van der Waals surface area contributed by atoms with E-state index in [1.807, 2.05) is 0 Å². The lowest BCUT2D eigenvalue weighted by molar-refractivity contribution is -0.122. The Hall–Kier alpha value is -3.42. The summed E-state index contributed by atoms with van der Waals surface area (Å²) < 4.78 is 6.30. The zero-order valence-electron chi connectivity index (χ0n) is 13.7. The topological polar surface area (TPSA) is 106 Å². The van der Waals surface area contributed by atoms with Crippen molar-refractivity contribution >= 4 is 22.6 Å². The Morgan fingerprint density at radius 2 is 1.96 bits per heavy atom. The largest absolute Gasteiger partial charge is 0.466 e. The maximum Gasteiger partial charge on any atom is 0.275 e. The molecular weight excluding hydrogens is 324 g/mol. The Morgan fingerprint density at radius 3 is 2.68 bits per heavy atom. The van der Waals surface area contributed by atoms with Crippen molar-refractivity contribution in [1.29, 1.82) is 0 Å². The predicted octanol–water partition coefficient (Wildman–Crippen LogP) is 1.07. The average Bonchev–Trinajstić information content (AvgIpc) is 2.94. The summed E-state index contributed by atoms with van der Waals surface area (Å²) in [6, 6.07) is 8.55. The molecule has 2 N–H and O–H groups in total. The first-order valence-electron chi connectivity index (χ1n) is 7.57. The number of rotatable bonds is 3. The number of aryl methyl sites for hydroxylation is 2. The quantitative estimate of drug-likeness (QED) is 0.694. The first kappa shape index (κ1) is 16.4. The zero-order valence-corrected chi connectivity index (χ0v) is 13.7. The lowest BCUT2D eigenvalue weighted by atomic mass is 10.2. The zero-order chi connectivity index (χ0) is 18.0. The molecule has 0 saturated carbocycles. The van der Waals surface area contributed by atoms with E-state index in [0.717, 1.165) is 4.68 Å². The molecule has 128 valence electrons.